The third-order valence-corrected chi connectivity index (χ3v) is 2.35. The smallest absolute Gasteiger partial charge is 0.311 e. The molecule has 0 N–H and O–H groups in total. The number of aryl methyl sites for hydroxylation is 1. The van der Waals surface area contributed by atoms with Gasteiger partial charge in [-0.1, -0.05) is 11.6 Å². The maximum absolute atomic E-state index is 12.5. The van der Waals surface area contributed by atoms with E-state index in [2.05, 4.69) is 9.72 Å². The lowest BCUT2D eigenvalue weighted by atomic mass is 10.1. The average Bonchev–Trinajstić information content (AvgIpc) is 2.21. The van der Waals surface area contributed by atoms with E-state index in [1.165, 1.54) is 20.1 Å². The van der Waals surface area contributed by atoms with Crippen LogP contribution in [0.3, 0.4) is 0 Å². The molecule has 1 heterocycles. The number of ether oxygens (including phenoxy) is 1. The molecule has 0 unspecified atom stereocenters. The third kappa shape index (κ3) is 2.88. The van der Waals surface area contributed by atoms with Crippen molar-refractivity contribution in [3.63, 3.8) is 0 Å². The van der Waals surface area contributed by atoms with Crippen molar-refractivity contribution in [3.05, 3.63) is 28.0 Å². The van der Waals surface area contributed by atoms with Gasteiger partial charge in [0.15, 0.2) is 0 Å². The van der Waals surface area contributed by atoms with E-state index in [4.69, 9.17) is 11.6 Å². The predicted molar refractivity (Wildman–Crippen MR) is 54.7 cm³/mol. The first-order valence-corrected chi connectivity index (χ1v) is 4.84. The van der Waals surface area contributed by atoms with Crippen molar-refractivity contribution in [3.8, 4) is 0 Å². The highest BCUT2D eigenvalue weighted by molar-refractivity contribution is 6.31. The van der Waals surface area contributed by atoms with Crippen LogP contribution in [-0.2, 0) is 16.0 Å². The van der Waals surface area contributed by atoms with Gasteiger partial charge in [0.25, 0.3) is 6.43 Å². The Balaban J connectivity index is 3.09. The monoisotopic (exact) mass is 249 g/mol. The topological polar surface area (TPSA) is 39.2 Å². The van der Waals surface area contributed by atoms with Crippen molar-refractivity contribution < 1.29 is 18.3 Å². The summed E-state index contributed by atoms with van der Waals surface area (Å²) in [5.74, 6) is -0.571. The van der Waals surface area contributed by atoms with Crippen LogP contribution in [0, 0.1) is 6.92 Å². The molecule has 1 aromatic rings. The molecule has 0 bridgehead atoms. The maximum Gasteiger partial charge on any atom is 0.311 e. The number of carbonyl (C=O) groups excluding carboxylic acids is 1. The van der Waals surface area contributed by atoms with E-state index < -0.39 is 12.4 Å². The maximum atomic E-state index is 12.5. The Morgan fingerprint density at radius 2 is 2.25 bits per heavy atom. The summed E-state index contributed by atoms with van der Waals surface area (Å²) in [6.07, 6.45) is -2.90. The second kappa shape index (κ2) is 5.21. The van der Waals surface area contributed by atoms with Crippen LogP contribution < -0.4 is 0 Å². The average molecular weight is 250 g/mol. The standard InChI is InChI=1S/C10H10ClF2NO2/c1-5-3-6(11)7(4-8(15)16-2)14-9(5)10(12)13/h3,10H,4H2,1-2H3. The summed E-state index contributed by atoms with van der Waals surface area (Å²) >= 11 is 5.79. The first-order chi connectivity index (χ1) is 7.45. The Bertz CT molecular complexity index is 410. The van der Waals surface area contributed by atoms with Crippen LogP contribution in [0.5, 0.6) is 0 Å². The van der Waals surface area contributed by atoms with Gasteiger partial charge in [0.1, 0.15) is 5.69 Å². The molecular formula is C10H10ClF2NO2. The Hall–Kier alpha value is -1.23. The molecule has 1 rings (SSSR count). The van der Waals surface area contributed by atoms with Gasteiger partial charge in [-0.25, -0.2) is 13.8 Å². The fraction of sp³-hybridized carbons (Fsp3) is 0.400. The number of hydrogen-bond donors (Lipinski definition) is 0. The van der Waals surface area contributed by atoms with E-state index in [1.807, 2.05) is 0 Å². The summed E-state index contributed by atoms with van der Waals surface area (Å²) in [4.78, 5) is 14.7. The molecule has 88 valence electrons. The van der Waals surface area contributed by atoms with Crippen LogP contribution in [0.25, 0.3) is 0 Å². The van der Waals surface area contributed by atoms with Crippen molar-refractivity contribution in [1.29, 1.82) is 0 Å². The zero-order valence-corrected chi connectivity index (χ0v) is 9.52. The van der Waals surface area contributed by atoms with E-state index >= 15 is 0 Å². The second-order valence-electron chi connectivity index (χ2n) is 3.17. The Morgan fingerprint density at radius 1 is 1.62 bits per heavy atom. The third-order valence-electron chi connectivity index (χ3n) is 2.02. The predicted octanol–water partition coefficient (Wildman–Crippen LogP) is 2.70. The van der Waals surface area contributed by atoms with E-state index in [-0.39, 0.29) is 22.8 Å². The highest BCUT2D eigenvalue weighted by Crippen LogP contribution is 2.25. The molecule has 0 aliphatic carbocycles. The van der Waals surface area contributed by atoms with Crippen LogP contribution in [0.2, 0.25) is 5.02 Å². The lowest BCUT2D eigenvalue weighted by Crippen LogP contribution is -2.09. The van der Waals surface area contributed by atoms with Gasteiger partial charge in [-0.3, -0.25) is 4.79 Å². The minimum Gasteiger partial charge on any atom is -0.469 e. The Kier molecular flexibility index (Phi) is 4.18. The van der Waals surface area contributed by atoms with Gasteiger partial charge in [-0.2, -0.15) is 0 Å². The van der Waals surface area contributed by atoms with Crippen LogP contribution in [0.4, 0.5) is 8.78 Å². The van der Waals surface area contributed by atoms with Crippen molar-refractivity contribution in [2.45, 2.75) is 19.8 Å². The molecule has 0 aliphatic heterocycles. The SMILES string of the molecule is COC(=O)Cc1nc(C(F)F)c(C)cc1Cl. The molecule has 1 aromatic heterocycles. The number of nitrogens with zero attached hydrogens (tertiary/aromatic N) is 1. The summed E-state index contributed by atoms with van der Waals surface area (Å²) in [6.45, 7) is 1.49. The van der Waals surface area contributed by atoms with E-state index in [1.54, 1.807) is 0 Å². The molecule has 0 atom stereocenters. The lowest BCUT2D eigenvalue weighted by molar-refractivity contribution is -0.139. The Labute approximate surface area is 96.4 Å². The zero-order valence-electron chi connectivity index (χ0n) is 8.76. The molecule has 0 amide bonds. The number of hydrogen-bond acceptors (Lipinski definition) is 3. The molecule has 0 saturated carbocycles. The minimum absolute atomic E-state index is 0.106. The number of halogens is 3. The molecule has 3 nitrogen and oxygen atoms in total. The van der Waals surface area contributed by atoms with Gasteiger partial charge in [-0.15, -0.1) is 0 Å². The number of pyridine rings is 1. The van der Waals surface area contributed by atoms with E-state index in [0.717, 1.165) is 0 Å². The lowest BCUT2D eigenvalue weighted by Gasteiger charge is -2.08. The molecule has 0 spiro atoms. The second-order valence-corrected chi connectivity index (χ2v) is 3.58. The molecule has 0 saturated heterocycles. The fourth-order valence-electron chi connectivity index (χ4n) is 1.19. The summed E-state index contributed by atoms with van der Waals surface area (Å²) < 4.78 is 29.5. The molecule has 16 heavy (non-hydrogen) atoms. The van der Waals surface area contributed by atoms with Gasteiger partial charge < -0.3 is 4.74 Å². The van der Waals surface area contributed by atoms with Gasteiger partial charge in [0.2, 0.25) is 0 Å². The highest BCUT2D eigenvalue weighted by Gasteiger charge is 2.17. The van der Waals surface area contributed by atoms with Gasteiger partial charge in [-0.05, 0) is 18.6 Å². The summed E-state index contributed by atoms with van der Waals surface area (Å²) in [7, 11) is 1.21. The number of alkyl halides is 2. The van der Waals surface area contributed by atoms with Crippen LogP contribution in [0.1, 0.15) is 23.4 Å². The summed E-state index contributed by atoms with van der Waals surface area (Å²) in [5, 5.41) is 0.187. The number of aromatic nitrogens is 1. The van der Waals surface area contributed by atoms with Gasteiger partial charge >= 0.3 is 5.97 Å². The van der Waals surface area contributed by atoms with Crippen LogP contribution in [0.15, 0.2) is 6.07 Å². The summed E-state index contributed by atoms with van der Waals surface area (Å²) in [5.41, 5.74) is 0.0475. The van der Waals surface area contributed by atoms with E-state index in [9.17, 15) is 13.6 Å². The first-order valence-electron chi connectivity index (χ1n) is 4.46. The number of esters is 1. The van der Waals surface area contributed by atoms with Crippen molar-refractivity contribution in [2.24, 2.45) is 0 Å². The molecule has 6 heteroatoms. The van der Waals surface area contributed by atoms with Crippen molar-refractivity contribution >= 4 is 17.6 Å². The van der Waals surface area contributed by atoms with Crippen molar-refractivity contribution in [2.75, 3.05) is 7.11 Å². The normalized spacial score (nSPS) is 10.6. The largest absolute Gasteiger partial charge is 0.469 e. The number of rotatable bonds is 3. The Morgan fingerprint density at radius 3 is 2.75 bits per heavy atom. The molecule has 0 radical (unpaired) electrons. The van der Waals surface area contributed by atoms with E-state index in [0.29, 0.717) is 5.56 Å². The molecular weight excluding hydrogens is 240 g/mol. The van der Waals surface area contributed by atoms with Gasteiger partial charge in [0.05, 0.1) is 24.2 Å². The fourth-order valence-corrected chi connectivity index (χ4v) is 1.46. The highest BCUT2D eigenvalue weighted by atomic mass is 35.5. The first kappa shape index (κ1) is 12.8. The van der Waals surface area contributed by atoms with Crippen LogP contribution >= 0.6 is 11.6 Å². The van der Waals surface area contributed by atoms with Crippen molar-refractivity contribution in [1.82, 2.24) is 4.98 Å². The minimum atomic E-state index is -2.69. The number of carbonyl (C=O) groups is 1. The molecule has 0 aromatic carbocycles. The quantitative estimate of drug-likeness (QED) is 0.773. The molecule has 0 fully saturated rings. The molecule has 0 aliphatic rings. The summed E-state index contributed by atoms with van der Waals surface area (Å²) in [6, 6.07) is 1.37. The number of methoxy groups -OCH3 is 1. The zero-order chi connectivity index (χ0) is 12.3. The van der Waals surface area contributed by atoms with Crippen LogP contribution in [-0.4, -0.2) is 18.1 Å². The van der Waals surface area contributed by atoms with Gasteiger partial charge in [0, 0.05) is 0 Å².